The van der Waals surface area contributed by atoms with Gasteiger partial charge in [0.1, 0.15) is 0 Å². The maximum absolute atomic E-state index is 5.81. The van der Waals surface area contributed by atoms with E-state index in [0.717, 1.165) is 6.42 Å². The van der Waals surface area contributed by atoms with Gasteiger partial charge >= 0.3 is 8.80 Å². The molecule has 17 heavy (non-hydrogen) atoms. The second kappa shape index (κ2) is 7.48. The van der Waals surface area contributed by atoms with Crippen LogP contribution in [0.4, 0.5) is 0 Å². The minimum absolute atomic E-state index is 0.0638. The Morgan fingerprint density at radius 3 is 1.88 bits per heavy atom. The van der Waals surface area contributed by atoms with Crippen LogP contribution in [-0.4, -0.2) is 40.5 Å². The summed E-state index contributed by atoms with van der Waals surface area (Å²) in [6, 6.07) is 0. The highest BCUT2D eigenvalue weighted by molar-refractivity contribution is 6.63. The van der Waals surface area contributed by atoms with E-state index in [1.165, 1.54) is 12.8 Å². The third-order valence-electron chi connectivity index (χ3n) is 2.81. The Morgan fingerprint density at radius 1 is 0.941 bits per heavy atom. The van der Waals surface area contributed by atoms with Crippen LogP contribution in [-0.2, 0) is 18.0 Å². The Kier molecular flexibility index (Phi) is 6.65. The molecule has 1 heterocycles. The van der Waals surface area contributed by atoms with Crippen molar-refractivity contribution in [2.24, 2.45) is 0 Å². The lowest BCUT2D eigenvalue weighted by Crippen LogP contribution is -2.52. The van der Waals surface area contributed by atoms with E-state index in [-0.39, 0.29) is 11.8 Å². The van der Waals surface area contributed by atoms with Crippen LogP contribution in [0.5, 0.6) is 0 Å². The Hall–Kier alpha value is 0.0569. The fraction of sp³-hybridized carbons (Fsp3) is 1.00. The average molecular weight is 262 g/mol. The highest BCUT2D eigenvalue weighted by Gasteiger charge is 2.63. The van der Waals surface area contributed by atoms with Crippen LogP contribution < -0.4 is 0 Å². The summed E-state index contributed by atoms with van der Waals surface area (Å²) in [6.45, 7) is 9.97. The summed E-state index contributed by atoms with van der Waals surface area (Å²) < 4.78 is 23.2. The summed E-state index contributed by atoms with van der Waals surface area (Å²) in [6.07, 6.45) is 3.75. The number of epoxide rings is 1. The summed E-state index contributed by atoms with van der Waals surface area (Å²) in [4.78, 5) is 0. The van der Waals surface area contributed by atoms with Gasteiger partial charge in [0, 0.05) is 19.8 Å². The average Bonchev–Trinajstić information content (AvgIpc) is 3.07. The van der Waals surface area contributed by atoms with Crippen molar-refractivity contribution in [2.75, 3.05) is 19.8 Å². The minimum atomic E-state index is -2.60. The molecule has 0 amide bonds. The molecule has 1 rings (SSSR count). The maximum Gasteiger partial charge on any atom is 0.534 e. The molecule has 0 aromatic carbocycles. The zero-order valence-electron chi connectivity index (χ0n) is 11.5. The zero-order valence-corrected chi connectivity index (χ0v) is 12.5. The van der Waals surface area contributed by atoms with Crippen LogP contribution in [0.15, 0.2) is 0 Å². The molecule has 1 aliphatic heterocycles. The van der Waals surface area contributed by atoms with Crippen LogP contribution in [0, 0.1) is 0 Å². The van der Waals surface area contributed by atoms with Gasteiger partial charge in [0.05, 0.1) is 6.10 Å². The Balaban J connectivity index is 2.56. The van der Waals surface area contributed by atoms with Crippen LogP contribution in [0.3, 0.4) is 0 Å². The fourth-order valence-corrected chi connectivity index (χ4v) is 4.97. The molecular formula is C12H26O4Si. The van der Waals surface area contributed by atoms with Crippen LogP contribution >= 0.6 is 0 Å². The van der Waals surface area contributed by atoms with E-state index in [1.807, 2.05) is 20.8 Å². The van der Waals surface area contributed by atoms with Crippen LogP contribution in [0.2, 0.25) is 0 Å². The van der Waals surface area contributed by atoms with Crippen molar-refractivity contribution in [3.63, 3.8) is 0 Å². The maximum atomic E-state index is 5.81. The molecule has 5 heteroatoms. The summed E-state index contributed by atoms with van der Waals surface area (Å²) in [5.41, 5.74) is 0.0638. The molecule has 0 aliphatic carbocycles. The van der Waals surface area contributed by atoms with Crippen molar-refractivity contribution in [3.05, 3.63) is 0 Å². The van der Waals surface area contributed by atoms with Crippen molar-refractivity contribution in [1.82, 2.24) is 0 Å². The van der Waals surface area contributed by atoms with Gasteiger partial charge in [0.2, 0.25) is 0 Å². The SMILES string of the molecule is CCCCC1OC1[Si](OCC)(OCC)OCC. The van der Waals surface area contributed by atoms with Crippen molar-refractivity contribution < 1.29 is 18.0 Å². The number of ether oxygens (including phenoxy) is 1. The highest BCUT2D eigenvalue weighted by atomic mass is 28.4. The van der Waals surface area contributed by atoms with Gasteiger partial charge in [0.15, 0.2) is 5.73 Å². The van der Waals surface area contributed by atoms with E-state index >= 15 is 0 Å². The van der Waals surface area contributed by atoms with Gasteiger partial charge < -0.3 is 18.0 Å². The molecular weight excluding hydrogens is 236 g/mol. The van der Waals surface area contributed by atoms with Gasteiger partial charge in [-0.15, -0.1) is 0 Å². The van der Waals surface area contributed by atoms with E-state index in [4.69, 9.17) is 18.0 Å². The largest absolute Gasteiger partial charge is 0.534 e. The van der Waals surface area contributed by atoms with Gasteiger partial charge in [-0.2, -0.15) is 0 Å². The van der Waals surface area contributed by atoms with Crippen molar-refractivity contribution >= 4 is 8.80 Å². The van der Waals surface area contributed by atoms with Crippen LogP contribution in [0.25, 0.3) is 0 Å². The lowest BCUT2D eigenvalue weighted by atomic mass is 10.2. The molecule has 4 nitrogen and oxygen atoms in total. The topological polar surface area (TPSA) is 40.2 Å². The molecule has 0 N–H and O–H groups in total. The van der Waals surface area contributed by atoms with Crippen molar-refractivity contribution in [3.8, 4) is 0 Å². The number of unbranched alkanes of at least 4 members (excludes halogenated alkanes) is 1. The summed E-state index contributed by atoms with van der Waals surface area (Å²) in [5, 5.41) is 0. The van der Waals surface area contributed by atoms with E-state index in [9.17, 15) is 0 Å². The number of hydrogen-bond acceptors (Lipinski definition) is 4. The van der Waals surface area contributed by atoms with Gasteiger partial charge in [-0.05, 0) is 27.2 Å². The number of rotatable bonds is 10. The predicted octanol–water partition coefficient (Wildman–Crippen LogP) is 2.53. The van der Waals surface area contributed by atoms with Gasteiger partial charge in [-0.25, -0.2) is 0 Å². The molecule has 0 aromatic heterocycles. The molecule has 0 spiro atoms. The molecule has 2 atom stereocenters. The molecule has 0 aromatic rings. The lowest BCUT2D eigenvalue weighted by molar-refractivity contribution is 0.0609. The fourth-order valence-electron chi connectivity index (χ4n) is 2.05. The predicted molar refractivity (Wildman–Crippen MR) is 68.8 cm³/mol. The first-order valence-corrected chi connectivity index (χ1v) is 8.61. The summed E-state index contributed by atoms with van der Waals surface area (Å²) >= 11 is 0. The first-order chi connectivity index (χ1) is 8.24. The Morgan fingerprint density at radius 2 is 1.47 bits per heavy atom. The number of hydrogen-bond donors (Lipinski definition) is 0. The monoisotopic (exact) mass is 262 g/mol. The molecule has 1 saturated heterocycles. The molecule has 0 saturated carbocycles. The smallest absolute Gasteiger partial charge is 0.372 e. The first kappa shape index (κ1) is 15.1. The molecule has 1 aliphatic rings. The molecule has 0 bridgehead atoms. The molecule has 102 valence electrons. The van der Waals surface area contributed by atoms with Crippen molar-refractivity contribution in [2.45, 2.75) is 58.8 Å². The van der Waals surface area contributed by atoms with E-state index < -0.39 is 8.80 Å². The summed E-state index contributed by atoms with van der Waals surface area (Å²) in [5.74, 6) is 0. The van der Waals surface area contributed by atoms with E-state index in [2.05, 4.69) is 6.92 Å². The van der Waals surface area contributed by atoms with Crippen LogP contribution in [0.1, 0.15) is 47.0 Å². The molecule has 1 fully saturated rings. The second-order valence-electron chi connectivity index (χ2n) is 4.14. The normalized spacial score (nSPS) is 24.0. The lowest BCUT2D eigenvalue weighted by Gasteiger charge is -2.26. The zero-order chi connectivity index (χ0) is 12.7. The standard InChI is InChI=1S/C12H26O4Si/c1-5-9-10-11-12(16-11)17(13-6-2,14-7-3)15-8-4/h11-12H,5-10H2,1-4H3. The van der Waals surface area contributed by atoms with E-state index in [1.54, 1.807) is 0 Å². The minimum Gasteiger partial charge on any atom is -0.372 e. The van der Waals surface area contributed by atoms with E-state index in [0.29, 0.717) is 19.8 Å². The summed E-state index contributed by atoms with van der Waals surface area (Å²) in [7, 11) is -2.60. The van der Waals surface area contributed by atoms with Gasteiger partial charge in [0.25, 0.3) is 0 Å². The molecule has 2 unspecified atom stereocenters. The Bertz CT molecular complexity index is 196. The van der Waals surface area contributed by atoms with Crippen molar-refractivity contribution in [1.29, 1.82) is 0 Å². The first-order valence-electron chi connectivity index (χ1n) is 6.81. The van der Waals surface area contributed by atoms with Gasteiger partial charge in [-0.1, -0.05) is 19.8 Å². The second-order valence-corrected chi connectivity index (χ2v) is 6.78. The third kappa shape index (κ3) is 4.03. The van der Waals surface area contributed by atoms with Gasteiger partial charge in [-0.3, -0.25) is 0 Å². The molecule has 0 radical (unpaired) electrons. The third-order valence-corrected chi connectivity index (χ3v) is 6.09. The highest BCUT2D eigenvalue weighted by Crippen LogP contribution is 2.36. The Labute approximate surface area is 106 Å². The quantitative estimate of drug-likeness (QED) is 0.448.